The Kier molecular flexibility index (Phi) is 6.11. The number of epoxide rings is 1. The van der Waals surface area contributed by atoms with E-state index in [-0.39, 0.29) is 6.10 Å². The molecule has 1 saturated heterocycles. The van der Waals surface area contributed by atoms with E-state index in [0.717, 1.165) is 0 Å². The Morgan fingerprint density at radius 2 is 1.61 bits per heavy atom. The quantitative estimate of drug-likeness (QED) is 0.164. The first kappa shape index (κ1) is 16.0. The summed E-state index contributed by atoms with van der Waals surface area (Å²) in [6.45, 7) is 2.56. The molecule has 9 heteroatoms. The van der Waals surface area contributed by atoms with Crippen molar-refractivity contribution < 1.29 is 38.8 Å². The molecule has 8 nitrogen and oxygen atoms in total. The third kappa shape index (κ3) is 3.95. The average molecular weight is 284 g/mol. The van der Waals surface area contributed by atoms with E-state index in [0.29, 0.717) is 23.5 Å². The van der Waals surface area contributed by atoms with E-state index >= 15 is 0 Å². The van der Waals surface area contributed by atoms with Crippen LogP contribution in [0, 0.1) is 0 Å². The lowest BCUT2D eigenvalue weighted by molar-refractivity contribution is -0.566. The van der Waals surface area contributed by atoms with Crippen LogP contribution in [0.4, 0.5) is 0 Å². The van der Waals surface area contributed by atoms with Gasteiger partial charge in [-0.05, 0) is 0 Å². The highest BCUT2D eigenvalue weighted by Gasteiger charge is 2.54. The van der Waals surface area contributed by atoms with Crippen LogP contribution in [-0.2, 0) is 38.8 Å². The van der Waals surface area contributed by atoms with E-state index < -0.39 is 11.2 Å². The molecule has 0 aromatic rings. The van der Waals surface area contributed by atoms with E-state index in [1.165, 1.54) is 21.3 Å². The summed E-state index contributed by atoms with van der Waals surface area (Å²) in [7, 11) is 4.41. The predicted octanol–water partition coefficient (Wildman–Crippen LogP) is -1.13. The summed E-state index contributed by atoms with van der Waals surface area (Å²) in [5.41, 5.74) is -1.28. The molecule has 1 rings (SSSR count). The van der Waals surface area contributed by atoms with Crippen LogP contribution < -0.4 is 0 Å². The Balaban J connectivity index is 2.73. The Hall–Kier alpha value is -0.103. The number of hydrogen-bond donors (Lipinski definition) is 0. The van der Waals surface area contributed by atoms with E-state index in [9.17, 15) is 0 Å². The van der Waals surface area contributed by atoms with Crippen molar-refractivity contribution in [3.05, 3.63) is 0 Å². The maximum absolute atomic E-state index is 5.64. The van der Waals surface area contributed by atoms with Gasteiger partial charge in [0, 0.05) is 6.92 Å². The van der Waals surface area contributed by atoms with Crippen molar-refractivity contribution >= 4 is 10.2 Å². The van der Waals surface area contributed by atoms with Crippen LogP contribution in [0.15, 0.2) is 0 Å². The lowest BCUT2D eigenvalue weighted by Gasteiger charge is -2.40. The summed E-state index contributed by atoms with van der Waals surface area (Å²) in [6.07, 6.45) is 0.0631. The summed E-state index contributed by atoms with van der Waals surface area (Å²) in [5, 5.41) is 0. The molecule has 0 N–H and O–H groups in total. The predicted molar refractivity (Wildman–Crippen MR) is 61.0 cm³/mol. The molecule has 18 heavy (non-hydrogen) atoms. The highest BCUT2D eigenvalue weighted by atomic mass is 28.1. The summed E-state index contributed by atoms with van der Waals surface area (Å²) in [6, 6.07) is 0. The van der Waals surface area contributed by atoms with Gasteiger partial charge in [0.25, 0.3) is 5.79 Å². The van der Waals surface area contributed by atoms with Crippen LogP contribution in [0.5, 0.6) is 0 Å². The monoisotopic (exact) mass is 284 g/mol. The smallest absolute Gasteiger partial charge is 0.281 e. The van der Waals surface area contributed by atoms with Crippen LogP contribution in [0.1, 0.15) is 6.92 Å². The van der Waals surface area contributed by atoms with E-state index in [2.05, 4.69) is 9.78 Å². The van der Waals surface area contributed by atoms with Gasteiger partial charge in [0.1, 0.15) is 6.10 Å². The van der Waals surface area contributed by atoms with Crippen molar-refractivity contribution in [3.8, 4) is 0 Å². The zero-order chi connectivity index (χ0) is 13.6. The molecule has 0 spiro atoms. The van der Waals surface area contributed by atoms with Gasteiger partial charge in [0.15, 0.2) is 0 Å². The molecular weight excluding hydrogens is 264 g/mol. The molecule has 1 heterocycles. The molecule has 0 saturated carbocycles. The SMILES string of the molecule is COOC(C)(OOC)C([SiH3])(OCC1CO1)OOC. The number of rotatable bonds is 10. The second-order valence-electron chi connectivity index (χ2n) is 3.91. The minimum atomic E-state index is -1.44. The molecule has 0 radical (unpaired) electrons. The van der Waals surface area contributed by atoms with E-state index in [1.54, 1.807) is 6.92 Å². The van der Waals surface area contributed by atoms with Gasteiger partial charge in [-0.1, -0.05) is 0 Å². The lowest BCUT2D eigenvalue weighted by Crippen LogP contribution is -2.60. The lowest BCUT2D eigenvalue weighted by atomic mass is 10.3. The Bertz CT molecular complexity index is 243. The molecule has 1 fully saturated rings. The zero-order valence-electron chi connectivity index (χ0n) is 11.3. The Labute approximate surface area is 109 Å². The first-order valence-electron chi connectivity index (χ1n) is 5.42. The van der Waals surface area contributed by atoms with Gasteiger partial charge in [0.05, 0.1) is 44.8 Å². The molecule has 1 aliphatic heterocycles. The van der Waals surface area contributed by atoms with Crippen molar-refractivity contribution in [2.45, 2.75) is 24.2 Å². The summed E-state index contributed by atoms with van der Waals surface area (Å²) < 4.78 is 10.7. The van der Waals surface area contributed by atoms with E-state index in [1.807, 2.05) is 0 Å². The third-order valence-electron chi connectivity index (χ3n) is 2.50. The fourth-order valence-corrected chi connectivity index (χ4v) is 1.79. The normalized spacial score (nSPS) is 23.0. The maximum Gasteiger partial charge on any atom is 0.281 e. The fraction of sp³-hybridized carbons (Fsp3) is 1.00. The molecule has 1 aliphatic rings. The second kappa shape index (κ2) is 6.89. The largest absolute Gasteiger partial charge is 0.371 e. The number of ether oxygens (including phenoxy) is 2. The van der Waals surface area contributed by atoms with Crippen LogP contribution in [0.25, 0.3) is 0 Å². The zero-order valence-corrected chi connectivity index (χ0v) is 13.3. The van der Waals surface area contributed by atoms with Gasteiger partial charge >= 0.3 is 0 Å². The van der Waals surface area contributed by atoms with Gasteiger partial charge in [-0.25, -0.2) is 19.6 Å². The highest BCUT2D eigenvalue weighted by molar-refractivity contribution is 6.14. The molecular formula is C9H20O8Si. The first-order valence-corrected chi connectivity index (χ1v) is 6.42. The average Bonchev–Trinajstić information content (AvgIpc) is 3.11. The van der Waals surface area contributed by atoms with Gasteiger partial charge in [-0.15, -0.1) is 0 Å². The van der Waals surface area contributed by atoms with Gasteiger partial charge in [-0.2, -0.15) is 9.78 Å². The standard InChI is InChI=1S/C9H20O8Si/c1-8(15-10-2,16-11-3)9(18,17-12-4)14-6-7-5-13-7/h7H,5-6H2,1-4,18H3. The van der Waals surface area contributed by atoms with Crippen molar-refractivity contribution in [1.82, 2.24) is 0 Å². The molecule has 0 aliphatic carbocycles. The Morgan fingerprint density at radius 1 is 1.11 bits per heavy atom. The minimum absolute atomic E-state index is 0.0631. The van der Waals surface area contributed by atoms with Crippen molar-refractivity contribution in [2.24, 2.45) is 0 Å². The summed E-state index contributed by atoms with van der Waals surface area (Å²) >= 11 is 0. The maximum atomic E-state index is 5.64. The fourth-order valence-electron chi connectivity index (χ4n) is 1.29. The van der Waals surface area contributed by atoms with E-state index in [4.69, 9.17) is 29.0 Å². The molecule has 0 bridgehead atoms. The Morgan fingerprint density at radius 3 is 2.00 bits per heavy atom. The van der Waals surface area contributed by atoms with Crippen molar-refractivity contribution in [2.75, 3.05) is 34.5 Å². The second-order valence-corrected chi connectivity index (χ2v) is 5.22. The van der Waals surface area contributed by atoms with Crippen LogP contribution in [-0.4, -0.2) is 62.1 Å². The minimum Gasteiger partial charge on any atom is -0.371 e. The van der Waals surface area contributed by atoms with Gasteiger partial charge in [-0.3, -0.25) is 0 Å². The van der Waals surface area contributed by atoms with Gasteiger partial charge < -0.3 is 9.47 Å². The first-order chi connectivity index (χ1) is 8.51. The molecule has 0 amide bonds. The molecule has 108 valence electrons. The van der Waals surface area contributed by atoms with Crippen LogP contribution in [0.3, 0.4) is 0 Å². The summed E-state index contributed by atoms with van der Waals surface area (Å²) in [4.78, 5) is 29.3. The third-order valence-corrected chi connectivity index (χ3v) is 3.86. The number of hydrogen-bond acceptors (Lipinski definition) is 8. The summed E-state index contributed by atoms with van der Waals surface area (Å²) in [5.74, 6) is -1.44. The van der Waals surface area contributed by atoms with Gasteiger partial charge in [0.2, 0.25) is 5.41 Å². The van der Waals surface area contributed by atoms with Crippen molar-refractivity contribution in [1.29, 1.82) is 0 Å². The topological polar surface area (TPSA) is 77.1 Å². The van der Waals surface area contributed by atoms with Crippen LogP contribution >= 0.6 is 0 Å². The van der Waals surface area contributed by atoms with Crippen LogP contribution in [0.2, 0.25) is 0 Å². The molecule has 2 unspecified atom stereocenters. The molecule has 0 aromatic carbocycles. The molecule has 2 atom stereocenters. The highest BCUT2D eigenvalue weighted by Crippen LogP contribution is 2.31. The molecule has 0 aromatic heterocycles. The van der Waals surface area contributed by atoms with Crippen molar-refractivity contribution in [3.63, 3.8) is 0 Å².